The van der Waals surface area contributed by atoms with Crippen molar-refractivity contribution in [2.45, 2.75) is 44.3 Å². The molecule has 10 heteroatoms. The molecule has 36 heavy (non-hydrogen) atoms. The molecular formula is C26H24Cl2N4O3S. The summed E-state index contributed by atoms with van der Waals surface area (Å²) in [7, 11) is 0. The van der Waals surface area contributed by atoms with E-state index in [-0.39, 0.29) is 6.10 Å². The van der Waals surface area contributed by atoms with Crippen LogP contribution >= 0.6 is 34.5 Å². The van der Waals surface area contributed by atoms with Crippen molar-refractivity contribution in [1.29, 1.82) is 0 Å². The van der Waals surface area contributed by atoms with Gasteiger partial charge in [-0.05, 0) is 56.0 Å². The van der Waals surface area contributed by atoms with Crippen LogP contribution in [0, 0.1) is 0 Å². The lowest BCUT2D eigenvalue weighted by molar-refractivity contribution is 0.0246. The number of nitrogens with zero attached hydrogens (tertiary/aromatic N) is 3. The van der Waals surface area contributed by atoms with Gasteiger partial charge in [0, 0.05) is 35.7 Å². The third-order valence-electron chi connectivity index (χ3n) is 6.80. The molecule has 2 fully saturated rings. The number of fused-ring (bicyclic) bond motifs is 1. The van der Waals surface area contributed by atoms with Crippen LogP contribution in [0.15, 0.2) is 40.9 Å². The summed E-state index contributed by atoms with van der Waals surface area (Å²) < 4.78 is 13.1. The van der Waals surface area contributed by atoms with Crippen molar-refractivity contribution < 1.29 is 14.1 Å². The number of halogens is 2. The molecule has 0 unspecified atom stereocenters. The maximum atomic E-state index is 11.5. The van der Waals surface area contributed by atoms with Crippen LogP contribution in [0.5, 0.6) is 0 Å². The van der Waals surface area contributed by atoms with Gasteiger partial charge in [-0.3, -0.25) is 4.79 Å². The lowest BCUT2D eigenvalue weighted by Gasteiger charge is -2.31. The Labute approximate surface area is 222 Å². The Hall–Kier alpha value is -2.65. The number of hydrogen-bond acceptors (Lipinski definition) is 7. The van der Waals surface area contributed by atoms with E-state index >= 15 is 0 Å². The van der Waals surface area contributed by atoms with Gasteiger partial charge < -0.3 is 19.9 Å². The van der Waals surface area contributed by atoms with Crippen molar-refractivity contribution in [3.8, 4) is 11.3 Å². The predicted molar refractivity (Wildman–Crippen MR) is 142 cm³/mol. The standard InChI is InChI=1S/C26H24Cl2N4O3S/c27-18-2-1-3-19(28)22(18)23-17(24(35-31-23)14-4-5-14)13-34-16-8-10-32(11-9-16)26-30-20-7-6-15(25(29)33)12-21(20)36-26/h1-3,6-7,12,14,16H,4-5,8-11,13H2,(H2,29,33). The Bertz CT molecular complexity index is 1420. The van der Waals surface area contributed by atoms with Gasteiger partial charge in [0.1, 0.15) is 11.5 Å². The van der Waals surface area contributed by atoms with E-state index in [0.717, 1.165) is 65.4 Å². The number of carbonyl (C=O) groups is 1. The van der Waals surface area contributed by atoms with Crippen LogP contribution in [0.2, 0.25) is 10.0 Å². The fourth-order valence-corrected chi connectivity index (χ4v) is 6.30. The minimum Gasteiger partial charge on any atom is -0.373 e. The quantitative estimate of drug-likeness (QED) is 0.289. The molecule has 3 heterocycles. The number of anilines is 1. The first-order valence-corrected chi connectivity index (χ1v) is 13.5. The first kappa shape index (κ1) is 23.7. The number of nitrogens with two attached hydrogens (primary N) is 1. The number of ether oxygens (including phenoxy) is 1. The van der Waals surface area contributed by atoms with E-state index < -0.39 is 5.91 Å². The van der Waals surface area contributed by atoms with E-state index in [9.17, 15) is 4.79 Å². The van der Waals surface area contributed by atoms with Crippen molar-refractivity contribution in [2.75, 3.05) is 18.0 Å². The number of amides is 1. The van der Waals surface area contributed by atoms with Crippen molar-refractivity contribution in [3.05, 3.63) is 63.3 Å². The number of thiazole rings is 1. The second-order valence-corrected chi connectivity index (χ2v) is 11.1. The summed E-state index contributed by atoms with van der Waals surface area (Å²) in [5.41, 5.74) is 9.12. The van der Waals surface area contributed by atoms with E-state index in [1.54, 1.807) is 17.4 Å². The number of aromatic nitrogens is 2. The van der Waals surface area contributed by atoms with Crippen LogP contribution in [0.4, 0.5) is 5.13 Å². The molecule has 0 spiro atoms. The molecule has 6 rings (SSSR count). The first-order valence-electron chi connectivity index (χ1n) is 12.0. The van der Waals surface area contributed by atoms with Gasteiger partial charge in [0.05, 0.1) is 33.0 Å². The third-order valence-corrected chi connectivity index (χ3v) is 8.51. The molecule has 0 radical (unpaired) electrons. The molecule has 1 saturated carbocycles. The topological polar surface area (TPSA) is 94.5 Å². The van der Waals surface area contributed by atoms with Gasteiger partial charge in [-0.1, -0.05) is 45.8 Å². The smallest absolute Gasteiger partial charge is 0.248 e. The van der Waals surface area contributed by atoms with Gasteiger partial charge in [0.25, 0.3) is 0 Å². The molecule has 2 aliphatic rings. The molecule has 186 valence electrons. The van der Waals surface area contributed by atoms with Gasteiger partial charge in [0.2, 0.25) is 5.91 Å². The van der Waals surface area contributed by atoms with E-state index in [2.05, 4.69) is 10.1 Å². The molecular weight excluding hydrogens is 519 g/mol. The van der Waals surface area contributed by atoms with Crippen LogP contribution < -0.4 is 10.6 Å². The van der Waals surface area contributed by atoms with Gasteiger partial charge in [0.15, 0.2) is 5.13 Å². The van der Waals surface area contributed by atoms with Gasteiger partial charge in [-0.15, -0.1) is 0 Å². The SMILES string of the molecule is NC(=O)c1ccc2nc(N3CCC(OCc4c(-c5c(Cl)cccc5Cl)noc4C4CC4)CC3)sc2c1. The Morgan fingerprint density at radius 1 is 1.14 bits per heavy atom. The summed E-state index contributed by atoms with van der Waals surface area (Å²) in [6.45, 7) is 2.10. The van der Waals surface area contributed by atoms with Crippen molar-refractivity contribution in [3.63, 3.8) is 0 Å². The zero-order valence-electron chi connectivity index (χ0n) is 19.4. The Morgan fingerprint density at radius 2 is 1.89 bits per heavy atom. The highest BCUT2D eigenvalue weighted by molar-refractivity contribution is 7.22. The molecule has 0 atom stereocenters. The van der Waals surface area contributed by atoms with Crippen LogP contribution in [0.25, 0.3) is 21.5 Å². The third kappa shape index (κ3) is 4.59. The molecule has 1 saturated heterocycles. The molecule has 7 nitrogen and oxygen atoms in total. The molecule has 1 amide bonds. The molecule has 4 aromatic rings. The monoisotopic (exact) mass is 542 g/mol. The average Bonchev–Trinajstić information content (AvgIpc) is 3.49. The van der Waals surface area contributed by atoms with Crippen LogP contribution in [0.3, 0.4) is 0 Å². The number of piperidine rings is 1. The number of carbonyl (C=O) groups excluding carboxylic acids is 1. The van der Waals surface area contributed by atoms with Crippen LogP contribution in [-0.2, 0) is 11.3 Å². The Morgan fingerprint density at radius 3 is 2.58 bits per heavy atom. The summed E-state index contributed by atoms with van der Waals surface area (Å²) in [6.07, 6.45) is 4.08. The lowest BCUT2D eigenvalue weighted by Crippen LogP contribution is -2.36. The highest BCUT2D eigenvalue weighted by Crippen LogP contribution is 2.46. The zero-order valence-corrected chi connectivity index (χ0v) is 21.7. The van der Waals surface area contributed by atoms with Crippen LogP contribution in [0.1, 0.15) is 53.3 Å². The fraction of sp³-hybridized carbons (Fsp3) is 0.346. The summed E-state index contributed by atoms with van der Waals surface area (Å²) in [5.74, 6) is 0.854. The zero-order chi connectivity index (χ0) is 24.8. The second kappa shape index (κ2) is 9.67. The minimum absolute atomic E-state index is 0.119. The molecule has 1 aliphatic carbocycles. The van der Waals surface area contributed by atoms with Gasteiger partial charge in [-0.25, -0.2) is 4.98 Å². The molecule has 0 bridgehead atoms. The molecule has 2 aromatic carbocycles. The number of primary amides is 1. The second-order valence-electron chi connectivity index (χ2n) is 9.29. The van der Waals surface area contributed by atoms with E-state index in [0.29, 0.717) is 39.4 Å². The normalized spacial score (nSPS) is 16.7. The minimum atomic E-state index is -0.428. The number of rotatable bonds is 7. The average molecular weight is 543 g/mol. The molecule has 2 N–H and O–H groups in total. The molecule has 1 aliphatic heterocycles. The largest absolute Gasteiger partial charge is 0.373 e. The van der Waals surface area contributed by atoms with Crippen molar-refractivity contribution in [1.82, 2.24) is 10.1 Å². The first-order chi connectivity index (χ1) is 17.5. The summed E-state index contributed by atoms with van der Waals surface area (Å²) >= 11 is 14.5. The fourth-order valence-electron chi connectivity index (χ4n) is 4.66. The number of benzene rings is 2. The molecule has 2 aromatic heterocycles. The maximum Gasteiger partial charge on any atom is 0.248 e. The van der Waals surface area contributed by atoms with Gasteiger partial charge in [-0.2, -0.15) is 0 Å². The van der Waals surface area contributed by atoms with E-state index in [1.807, 2.05) is 30.3 Å². The van der Waals surface area contributed by atoms with Crippen molar-refractivity contribution in [2.24, 2.45) is 5.73 Å². The maximum absolute atomic E-state index is 11.5. The Balaban J connectivity index is 1.14. The van der Waals surface area contributed by atoms with E-state index in [4.69, 9.17) is 43.2 Å². The summed E-state index contributed by atoms with van der Waals surface area (Å²) in [6, 6.07) is 10.8. The summed E-state index contributed by atoms with van der Waals surface area (Å²) in [4.78, 5) is 18.5. The summed E-state index contributed by atoms with van der Waals surface area (Å²) in [5, 5.41) is 6.40. The lowest BCUT2D eigenvalue weighted by atomic mass is 10.0. The van der Waals surface area contributed by atoms with Crippen LogP contribution in [-0.4, -0.2) is 35.2 Å². The highest BCUT2D eigenvalue weighted by atomic mass is 35.5. The Kier molecular flexibility index (Phi) is 6.37. The van der Waals surface area contributed by atoms with Gasteiger partial charge >= 0.3 is 0 Å². The van der Waals surface area contributed by atoms with Crippen molar-refractivity contribution >= 4 is 55.8 Å². The number of hydrogen-bond donors (Lipinski definition) is 1. The highest BCUT2D eigenvalue weighted by Gasteiger charge is 2.34. The predicted octanol–water partition coefficient (Wildman–Crippen LogP) is 6.42. The van der Waals surface area contributed by atoms with E-state index in [1.165, 1.54) is 0 Å².